The van der Waals surface area contributed by atoms with E-state index in [0.717, 1.165) is 103 Å². The SMILES string of the molecule is COC(=O)CCC(CC(=O)Cc1ccc(C)cc1Cl)c1noc(C2CC(CC(C)(C)C)C2)c1C1CC1.COC(=O)CCC(CC(=O)O)c1noc(C2CC(CC(C)(C)C)C2)c1C1CC1. The molecule has 0 saturated heterocycles. The van der Waals surface area contributed by atoms with E-state index in [1.807, 2.05) is 25.1 Å². The van der Waals surface area contributed by atoms with Gasteiger partial charge in [0, 0.05) is 65.5 Å². The first-order chi connectivity index (χ1) is 30.2. The molecule has 1 aromatic carbocycles. The number of hydrogen-bond donors (Lipinski definition) is 1. The predicted octanol–water partition coefficient (Wildman–Crippen LogP) is 12.7. The molecule has 0 spiro atoms. The van der Waals surface area contributed by atoms with E-state index in [0.29, 0.717) is 58.8 Å². The van der Waals surface area contributed by atoms with Crippen LogP contribution in [0.15, 0.2) is 27.2 Å². The monoisotopic (exact) mass is 905 g/mol. The Labute approximate surface area is 385 Å². The number of aromatic nitrogens is 2. The highest BCUT2D eigenvalue weighted by molar-refractivity contribution is 6.31. The maximum atomic E-state index is 13.2. The first kappa shape index (κ1) is 49.4. The van der Waals surface area contributed by atoms with Gasteiger partial charge in [-0.1, -0.05) is 75.6 Å². The molecule has 11 nitrogen and oxygen atoms in total. The molecular formula is C52H73ClN2O9. The summed E-state index contributed by atoms with van der Waals surface area (Å²) in [5.74, 6) is 3.33. The highest BCUT2D eigenvalue weighted by Gasteiger charge is 2.44. The highest BCUT2D eigenvalue weighted by atomic mass is 35.5. The quantitative estimate of drug-likeness (QED) is 0.108. The molecule has 4 aliphatic carbocycles. The number of nitrogens with zero attached hydrogens (tertiary/aromatic N) is 2. The Morgan fingerprint density at radius 2 is 1.16 bits per heavy atom. The van der Waals surface area contributed by atoms with Crippen LogP contribution in [-0.2, 0) is 35.1 Å². The van der Waals surface area contributed by atoms with Crippen LogP contribution in [0, 0.1) is 29.6 Å². The zero-order chi connectivity index (χ0) is 46.5. The van der Waals surface area contributed by atoms with E-state index in [-0.39, 0.29) is 55.2 Å². The molecule has 3 aromatic rings. The van der Waals surface area contributed by atoms with Gasteiger partial charge in [0.2, 0.25) is 0 Å². The van der Waals surface area contributed by atoms with Crippen LogP contribution in [-0.4, -0.2) is 53.3 Å². The minimum absolute atomic E-state index is 0.0417. The van der Waals surface area contributed by atoms with Crippen LogP contribution in [0.2, 0.25) is 5.02 Å². The molecule has 4 aliphatic rings. The third kappa shape index (κ3) is 13.8. The Balaban J connectivity index is 0.000000219. The van der Waals surface area contributed by atoms with Gasteiger partial charge in [0.1, 0.15) is 17.3 Å². The lowest BCUT2D eigenvalue weighted by Crippen LogP contribution is -2.26. The van der Waals surface area contributed by atoms with Crippen molar-refractivity contribution in [3.63, 3.8) is 0 Å². The van der Waals surface area contributed by atoms with E-state index in [1.54, 1.807) is 0 Å². The number of Topliss-reactive ketones (excluding diaryl/α,β-unsaturated/α-hetero) is 1. The molecule has 2 heterocycles. The smallest absolute Gasteiger partial charge is 0.305 e. The summed E-state index contributed by atoms with van der Waals surface area (Å²) in [5.41, 5.74) is 6.60. The number of benzene rings is 1. The maximum Gasteiger partial charge on any atom is 0.305 e. The summed E-state index contributed by atoms with van der Waals surface area (Å²) in [7, 11) is 2.75. The molecule has 1 N–H and O–H groups in total. The van der Waals surface area contributed by atoms with E-state index in [2.05, 4.69) is 51.9 Å². The molecule has 0 aliphatic heterocycles. The van der Waals surface area contributed by atoms with Crippen LogP contribution in [0.25, 0.3) is 0 Å². The molecule has 0 amide bonds. The van der Waals surface area contributed by atoms with Crippen molar-refractivity contribution < 1.29 is 42.8 Å². The van der Waals surface area contributed by atoms with E-state index in [9.17, 15) is 24.3 Å². The van der Waals surface area contributed by atoms with Gasteiger partial charge in [-0.25, -0.2) is 0 Å². The minimum atomic E-state index is -0.880. The van der Waals surface area contributed by atoms with Crippen molar-refractivity contribution in [2.45, 2.75) is 193 Å². The number of carboxylic acid groups (broad SMARTS) is 1. The molecule has 4 saturated carbocycles. The number of carbonyl (C=O) groups excluding carboxylic acids is 3. The molecule has 0 bridgehead atoms. The number of esters is 2. The Hall–Kier alpha value is -3.99. The topological polar surface area (TPSA) is 159 Å². The van der Waals surface area contributed by atoms with Crippen molar-refractivity contribution in [3.8, 4) is 0 Å². The number of carboxylic acids is 1. The van der Waals surface area contributed by atoms with Crippen LogP contribution in [0.3, 0.4) is 0 Å². The number of aryl methyl sites for hydroxylation is 1. The van der Waals surface area contributed by atoms with Crippen molar-refractivity contribution in [3.05, 3.63) is 68.4 Å². The average Bonchev–Trinajstić information content (AvgIpc) is 4.13. The number of carbonyl (C=O) groups is 4. The van der Waals surface area contributed by atoms with Crippen molar-refractivity contribution in [1.29, 1.82) is 0 Å². The van der Waals surface area contributed by atoms with Crippen molar-refractivity contribution in [2.24, 2.45) is 22.7 Å². The summed E-state index contributed by atoms with van der Waals surface area (Å²) < 4.78 is 21.5. The lowest BCUT2D eigenvalue weighted by Gasteiger charge is -2.38. The number of hydrogen-bond acceptors (Lipinski definition) is 10. The summed E-state index contributed by atoms with van der Waals surface area (Å²) in [6.07, 6.45) is 13.4. The third-order valence-electron chi connectivity index (χ3n) is 13.7. The zero-order valence-electron chi connectivity index (χ0n) is 39.9. The van der Waals surface area contributed by atoms with Crippen LogP contribution in [0.1, 0.15) is 225 Å². The normalized spacial score (nSPS) is 21.7. The Kier molecular flexibility index (Phi) is 16.3. The second-order valence-corrected chi connectivity index (χ2v) is 22.5. The van der Waals surface area contributed by atoms with Gasteiger partial charge in [0.25, 0.3) is 0 Å². The van der Waals surface area contributed by atoms with Gasteiger partial charge < -0.3 is 23.6 Å². The van der Waals surface area contributed by atoms with Crippen LogP contribution in [0.5, 0.6) is 0 Å². The molecule has 4 fully saturated rings. The van der Waals surface area contributed by atoms with Gasteiger partial charge in [-0.05, 0) is 136 Å². The molecule has 7 rings (SSSR count). The number of ketones is 1. The summed E-state index contributed by atoms with van der Waals surface area (Å²) >= 11 is 6.40. The second-order valence-electron chi connectivity index (χ2n) is 22.1. The third-order valence-corrected chi connectivity index (χ3v) is 14.0. The summed E-state index contributed by atoms with van der Waals surface area (Å²) in [4.78, 5) is 48.2. The predicted molar refractivity (Wildman–Crippen MR) is 246 cm³/mol. The molecule has 0 radical (unpaired) electrons. The summed E-state index contributed by atoms with van der Waals surface area (Å²) in [6.45, 7) is 15.7. The van der Waals surface area contributed by atoms with Crippen LogP contribution >= 0.6 is 11.6 Å². The number of ether oxygens (including phenoxy) is 2. The number of halogens is 1. The molecule has 2 aromatic heterocycles. The van der Waals surface area contributed by atoms with E-state index in [1.165, 1.54) is 32.6 Å². The molecule has 2 atom stereocenters. The van der Waals surface area contributed by atoms with Gasteiger partial charge in [0.05, 0.1) is 32.0 Å². The minimum Gasteiger partial charge on any atom is -0.481 e. The first-order valence-electron chi connectivity index (χ1n) is 23.8. The van der Waals surface area contributed by atoms with Gasteiger partial charge in [0.15, 0.2) is 0 Å². The number of methoxy groups -OCH3 is 2. The zero-order valence-corrected chi connectivity index (χ0v) is 40.6. The number of rotatable bonds is 20. The Morgan fingerprint density at radius 1 is 0.719 bits per heavy atom. The lowest BCUT2D eigenvalue weighted by molar-refractivity contribution is -0.142. The van der Waals surface area contributed by atoms with Gasteiger partial charge in [-0.3, -0.25) is 19.2 Å². The fourth-order valence-electron chi connectivity index (χ4n) is 10.4. The van der Waals surface area contributed by atoms with Crippen LogP contribution in [0.4, 0.5) is 0 Å². The standard InChI is InChI=1S/C30H40ClNO4.C22H33NO5/c1-18-6-7-21(25(31)12-18)15-24(33)16-22(10-11-26(34)35-5)28-27(20-8-9-20)29(36-32-28)23-13-19(14-23)17-30(2,3)4;1-22(2,3)12-13-9-16(10-13)21-19(14-5-6-14)20(23-28-21)15(11-17(24)25)7-8-18(26)27-4/h6-7,12,19-20,22-23H,8-11,13-17H2,1-5H3;13-16H,5-12H2,1-4H3,(H,24,25). The van der Waals surface area contributed by atoms with Gasteiger partial charge >= 0.3 is 17.9 Å². The molecule has 12 heteroatoms. The van der Waals surface area contributed by atoms with Crippen molar-refractivity contribution in [1.82, 2.24) is 10.3 Å². The fraction of sp³-hybridized carbons (Fsp3) is 0.692. The molecular weight excluding hydrogens is 832 g/mol. The number of aliphatic carboxylic acids is 1. The Bertz CT molecular complexity index is 2090. The maximum absolute atomic E-state index is 13.2. The van der Waals surface area contributed by atoms with Crippen LogP contribution < -0.4 is 0 Å². The van der Waals surface area contributed by atoms with Crippen molar-refractivity contribution >= 4 is 35.3 Å². The highest BCUT2D eigenvalue weighted by Crippen LogP contribution is 2.55. The molecule has 2 unspecified atom stereocenters. The van der Waals surface area contributed by atoms with Gasteiger partial charge in [-0.15, -0.1) is 0 Å². The fourth-order valence-corrected chi connectivity index (χ4v) is 10.7. The van der Waals surface area contributed by atoms with E-state index < -0.39 is 5.97 Å². The summed E-state index contributed by atoms with van der Waals surface area (Å²) in [5, 5.41) is 18.9. The van der Waals surface area contributed by atoms with E-state index in [4.69, 9.17) is 30.1 Å². The van der Waals surface area contributed by atoms with Crippen molar-refractivity contribution in [2.75, 3.05) is 14.2 Å². The lowest BCUT2D eigenvalue weighted by atomic mass is 9.66. The van der Waals surface area contributed by atoms with Gasteiger partial charge in [-0.2, -0.15) is 0 Å². The van der Waals surface area contributed by atoms with E-state index >= 15 is 0 Å². The summed E-state index contributed by atoms with van der Waals surface area (Å²) in [6, 6.07) is 5.79. The molecule has 64 heavy (non-hydrogen) atoms. The second kappa shape index (κ2) is 21.1. The first-order valence-corrected chi connectivity index (χ1v) is 24.2. The Morgan fingerprint density at radius 3 is 1.53 bits per heavy atom. The average molecular weight is 906 g/mol. The largest absolute Gasteiger partial charge is 0.481 e. The molecule has 352 valence electrons.